The quantitative estimate of drug-likeness (QED) is 0.538. The summed E-state index contributed by atoms with van der Waals surface area (Å²) < 4.78 is 1.32. The first-order valence-electron chi connectivity index (χ1n) is 6.69. The fraction of sp³-hybridized carbons (Fsp3) is 0.538. The molecule has 5 nitrogen and oxygen atoms in total. The van der Waals surface area contributed by atoms with Gasteiger partial charge in [0.05, 0.1) is 10.2 Å². The van der Waals surface area contributed by atoms with Crippen LogP contribution in [0.3, 0.4) is 0 Å². The highest BCUT2D eigenvalue weighted by atomic mass is 32.2. The molecule has 0 atom stereocenters. The van der Waals surface area contributed by atoms with Crippen LogP contribution in [0.15, 0.2) is 11.4 Å². The monoisotopic (exact) mass is 311 g/mol. The number of rotatable bonds is 7. The van der Waals surface area contributed by atoms with Crippen LogP contribution in [-0.4, -0.2) is 27.5 Å². The lowest BCUT2D eigenvalue weighted by Gasteiger charge is -2.30. The molecule has 7 heteroatoms. The number of aromatic nitrogens is 2. The first kappa shape index (κ1) is 15.3. The molecular formula is C13H21N5S2. The second-order valence-corrected chi connectivity index (χ2v) is 6.81. The van der Waals surface area contributed by atoms with Crippen molar-refractivity contribution in [1.82, 2.24) is 9.97 Å². The van der Waals surface area contributed by atoms with Gasteiger partial charge in [-0.2, -0.15) is 16.7 Å². The largest absolute Gasteiger partial charge is 0.367 e. The van der Waals surface area contributed by atoms with Crippen molar-refractivity contribution in [3.05, 3.63) is 11.4 Å². The number of nitrogens with one attached hydrogen (secondary N) is 2. The molecule has 0 aliphatic carbocycles. The summed E-state index contributed by atoms with van der Waals surface area (Å²) in [5.74, 6) is 6.74. The minimum atomic E-state index is 0.241. The smallest absolute Gasteiger partial charge is 0.239 e. The molecule has 0 aromatic carbocycles. The van der Waals surface area contributed by atoms with Gasteiger partial charge >= 0.3 is 0 Å². The van der Waals surface area contributed by atoms with Gasteiger partial charge in [0, 0.05) is 11.3 Å². The minimum absolute atomic E-state index is 0.241. The average molecular weight is 311 g/mol. The maximum atomic E-state index is 5.44. The van der Waals surface area contributed by atoms with Crippen molar-refractivity contribution in [3.8, 4) is 0 Å². The fourth-order valence-electron chi connectivity index (χ4n) is 2.15. The van der Waals surface area contributed by atoms with Crippen molar-refractivity contribution in [2.24, 2.45) is 5.84 Å². The molecule has 0 amide bonds. The molecule has 110 valence electrons. The van der Waals surface area contributed by atoms with Gasteiger partial charge in [-0.25, -0.2) is 10.8 Å². The number of hydrazine groups is 1. The van der Waals surface area contributed by atoms with E-state index in [2.05, 4.69) is 40.8 Å². The normalized spacial score (nSPS) is 11.8. The topological polar surface area (TPSA) is 75.9 Å². The highest BCUT2D eigenvalue weighted by Crippen LogP contribution is 2.32. The third kappa shape index (κ3) is 2.99. The molecule has 0 unspecified atom stereocenters. The number of hydrogen-bond acceptors (Lipinski definition) is 7. The summed E-state index contributed by atoms with van der Waals surface area (Å²) in [6, 6.07) is 1.98. The molecule has 0 saturated heterocycles. The number of nitrogen functional groups attached to an aromatic ring is 1. The second kappa shape index (κ2) is 6.60. The van der Waals surface area contributed by atoms with Gasteiger partial charge < -0.3 is 5.32 Å². The van der Waals surface area contributed by atoms with Crippen LogP contribution >= 0.6 is 23.1 Å². The van der Waals surface area contributed by atoms with E-state index in [0.29, 0.717) is 5.95 Å². The zero-order chi connectivity index (χ0) is 14.6. The Kier molecular flexibility index (Phi) is 5.06. The number of hydrogen-bond donors (Lipinski definition) is 3. The van der Waals surface area contributed by atoms with Gasteiger partial charge in [0.15, 0.2) is 0 Å². The molecular weight excluding hydrogens is 290 g/mol. The van der Waals surface area contributed by atoms with Crippen LogP contribution in [0.1, 0.15) is 26.7 Å². The van der Waals surface area contributed by atoms with Crippen LogP contribution < -0.4 is 16.6 Å². The van der Waals surface area contributed by atoms with Gasteiger partial charge in [0.2, 0.25) is 5.95 Å². The summed E-state index contributed by atoms with van der Waals surface area (Å²) in [4.78, 5) is 8.78. The Hall–Kier alpha value is -1.05. The predicted molar refractivity (Wildman–Crippen MR) is 90.5 cm³/mol. The Labute approximate surface area is 127 Å². The van der Waals surface area contributed by atoms with Crippen LogP contribution in [0.5, 0.6) is 0 Å². The number of nitrogens with zero attached hydrogens (tertiary/aromatic N) is 2. The maximum absolute atomic E-state index is 5.44. The molecule has 0 spiro atoms. The van der Waals surface area contributed by atoms with E-state index in [4.69, 9.17) is 5.84 Å². The summed E-state index contributed by atoms with van der Waals surface area (Å²) in [6.45, 7) is 5.35. The van der Waals surface area contributed by atoms with Crippen LogP contribution in [-0.2, 0) is 0 Å². The predicted octanol–water partition coefficient (Wildman–Crippen LogP) is 3.31. The van der Waals surface area contributed by atoms with Crippen LogP contribution in [0, 0.1) is 0 Å². The minimum Gasteiger partial charge on any atom is -0.367 e. The van der Waals surface area contributed by atoms with E-state index in [1.165, 1.54) is 0 Å². The van der Waals surface area contributed by atoms with Crippen molar-refractivity contribution in [2.75, 3.05) is 23.5 Å². The van der Waals surface area contributed by atoms with Crippen molar-refractivity contribution >= 4 is 45.1 Å². The van der Waals surface area contributed by atoms with Crippen molar-refractivity contribution < 1.29 is 0 Å². The SMILES string of the molecule is CCC(CC)(CNc1nc(NN)nc2ccsc12)SC. The van der Waals surface area contributed by atoms with Gasteiger partial charge in [-0.1, -0.05) is 13.8 Å². The molecule has 2 heterocycles. The Morgan fingerprint density at radius 3 is 2.70 bits per heavy atom. The fourth-order valence-corrected chi connectivity index (χ4v) is 3.74. The number of anilines is 2. The summed E-state index contributed by atoms with van der Waals surface area (Å²) in [5, 5.41) is 5.51. The summed E-state index contributed by atoms with van der Waals surface area (Å²) in [7, 11) is 0. The molecule has 2 aromatic rings. The molecule has 0 radical (unpaired) electrons. The number of nitrogens with two attached hydrogens (primary N) is 1. The van der Waals surface area contributed by atoms with E-state index in [0.717, 1.165) is 35.4 Å². The number of thioether (sulfide) groups is 1. The standard InChI is InChI=1S/C13H21N5S2/c1-4-13(5-2,19-3)8-15-11-10-9(6-7-20-10)16-12(17-11)18-14/h6-7H,4-5,8,14H2,1-3H3,(H2,15,16,17,18). The first-order chi connectivity index (χ1) is 9.68. The highest BCUT2D eigenvalue weighted by Gasteiger charge is 2.25. The lowest BCUT2D eigenvalue weighted by molar-refractivity contribution is 0.574. The molecule has 4 N–H and O–H groups in total. The second-order valence-electron chi connectivity index (χ2n) is 4.62. The Morgan fingerprint density at radius 2 is 2.10 bits per heavy atom. The number of fused-ring (bicyclic) bond motifs is 1. The van der Waals surface area contributed by atoms with Crippen LogP contribution in [0.2, 0.25) is 0 Å². The van der Waals surface area contributed by atoms with E-state index >= 15 is 0 Å². The molecule has 20 heavy (non-hydrogen) atoms. The maximum Gasteiger partial charge on any atom is 0.239 e. The third-order valence-corrected chi connectivity index (χ3v) is 6.23. The average Bonchev–Trinajstić information content (AvgIpc) is 2.97. The van der Waals surface area contributed by atoms with Crippen molar-refractivity contribution in [3.63, 3.8) is 0 Å². The molecule has 2 rings (SSSR count). The lowest BCUT2D eigenvalue weighted by Crippen LogP contribution is -2.32. The van der Waals surface area contributed by atoms with E-state index in [1.54, 1.807) is 11.3 Å². The Morgan fingerprint density at radius 1 is 1.35 bits per heavy atom. The molecule has 0 aliphatic rings. The molecule has 0 bridgehead atoms. The van der Waals surface area contributed by atoms with E-state index in [9.17, 15) is 0 Å². The Bertz CT molecular complexity index is 557. The summed E-state index contributed by atoms with van der Waals surface area (Å²) >= 11 is 3.55. The molecule has 2 aromatic heterocycles. The van der Waals surface area contributed by atoms with Gasteiger partial charge in [0.25, 0.3) is 0 Å². The van der Waals surface area contributed by atoms with Crippen LogP contribution in [0.4, 0.5) is 11.8 Å². The Balaban J connectivity index is 2.26. The first-order valence-corrected chi connectivity index (χ1v) is 8.79. The zero-order valence-electron chi connectivity index (χ0n) is 12.1. The summed E-state index contributed by atoms with van der Waals surface area (Å²) in [5.41, 5.74) is 3.45. The summed E-state index contributed by atoms with van der Waals surface area (Å²) in [6.07, 6.45) is 4.42. The highest BCUT2D eigenvalue weighted by molar-refractivity contribution is 8.00. The van der Waals surface area contributed by atoms with E-state index in [1.807, 2.05) is 23.2 Å². The zero-order valence-corrected chi connectivity index (χ0v) is 13.7. The van der Waals surface area contributed by atoms with Crippen molar-refractivity contribution in [2.45, 2.75) is 31.4 Å². The van der Waals surface area contributed by atoms with Crippen molar-refractivity contribution in [1.29, 1.82) is 0 Å². The molecule has 0 aliphatic heterocycles. The third-order valence-electron chi connectivity index (χ3n) is 3.73. The van der Waals surface area contributed by atoms with E-state index < -0.39 is 0 Å². The van der Waals surface area contributed by atoms with Gasteiger partial charge in [-0.15, -0.1) is 11.3 Å². The van der Waals surface area contributed by atoms with Crippen LogP contribution in [0.25, 0.3) is 10.2 Å². The molecule has 0 fully saturated rings. The lowest BCUT2D eigenvalue weighted by atomic mass is 10.0. The van der Waals surface area contributed by atoms with Gasteiger partial charge in [0.1, 0.15) is 5.82 Å². The van der Waals surface area contributed by atoms with Gasteiger partial charge in [-0.3, -0.25) is 5.43 Å². The number of thiophene rings is 1. The van der Waals surface area contributed by atoms with E-state index in [-0.39, 0.29) is 4.75 Å². The van der Waals surface area contributed by atoms with Gasteiger partial charge in [-0.05, 0) is 30.5 Å². The molecule has 0 saturated carbocycles.